The van der Waals surface area contributed by atoms with Gasteiger partial charge in [0.1, 0.15) is 88.5 Å². The van der Waals surface area contributed by atoms with E-state index < -0.39 is 201 Å². The van der Waals surface area contributed by atoms with Crippen molar-refractivity contribution in [1.82, 2.24) is 51.2 Å². The van der Waals surface area contributed by atoms with Crippen molar-refractivity contribution in [1.29, 1.82) is 5.26 Å². The van der Waals surface area contributed by atoms with Crippen LogP contribution in [0.25, 0.3) is 27.1 Å². The molecule has 2 saturated heterocycles. The summed E-state index contributed by atoms with van der Waals surface area (Å²) in [6.45, 7) is 7.63. The number of rotatable bonds is 35. The van der Waals surface area contributed by atoms with Crippen LogP contribution in [0.1, 0.15) is 88.8 Å². The number of aliphatic hydroxyl groups excluding tert-OH is 8. The number of nitrogens with two attached hydrogens (primary N) is 4. The summed E-state index contributed by atoms with van der Waals surface area (Å²) in [5, 5.41) is 117. The smallest absolute Gasteiger partial charge is 0.668 e. The molecule has 1 radical (unpaired) electrons. The topological polar surface area (TPSA) is 653 Å². The summed E-state index contributed by atoms with van der Waals surface area (Å²) in [7, 11) is 0.254. The molecule has 0 spiro atoms. The first-order chi connectivity index (χ1) is 46.3. The molecule has 2 aliphatic heterocycles. The van der Waals surface area contributed by atoms with Crippen molar-refractivity contribution in [2.45, 2.75) is 157 Å². The number of carbonyl (C=O) groups excluding carboxylic acids is 8. The second kappa shape index (κ2) is 39.6. The molecule has 22 N–H and O–H groups in total. The average molecular weight is 1490 g/mol. The predicted octanol–water partition coefficient (Wildman–Crippen LogP) is -4.95. The maximum Gasteiger partial charge on any atom is 5.00 e. The van der Waals surface area contributed by atoms with Crippen molar-refractivity contribution in [3.63, 3.8) is 0 Å². The number of aromatic nitrogens is 6. The van der Waals surface area contributed by atoms with Crippen LogP contribution in [0.2, 0.25) is 0 Å². The van der Waals surface area contributed by atoms with E-state index in [0.29, 0.717) is 22.3 Å². The van der Waals surface area contributed by atoms with Crippen LogP contribution in [-0.4, -0.2) is 267 Å². The molecule has 39 nitrogen and oxygen atoms in total. The van der Waals surface area contributed by atoms with E-state index in [1.165, 1.54) is 50.4 Å². The Morgan fingerprint density at radius 1 is 0.848 bits per heavy atom. The molecule has 19 unspecified atom stereocenters. The van der Waals surface area contributed by atoms with Gasteiger partial charge in [-0.1, -0.05) is 19.0 Å². The third kappa shape index (κ3) is 23.1. The van der Waals surface area contributed by atoms with Crippen LogP contribution in [0.3, 0.4) is 0 Å². The van der Waals surface area contributed by atoms with Gasteiger partial charge in [-0.2, -0.15) is 6.54 Å². The largest absolute Gasteiger partial charge is 5.00 e. The van der Waals surface area contributed by atoms with Gasteiger partial charge in [0.05, 0.1) is 78.7 Å². The Bertz CT molecular complexity index is 3340. The molecule has 8 amide bonds. The van der Waals surface area contributed by atoms with E-state index >= 15 is 4.79 Å². The summed E-state index contributed by atoms with van der Waals surface area (Å²) in [5.74, 6) is -8.20. The number of hydrogen-bond acceptors (Lipinski definition) is 30. The van der Waals surface area contributed by atoms with Crippen molar-refractivity contribution in [2.75, 3.05) is 56.8 Å². The zero-order chi connectivity index (χ0) is 73.0. The molecule has 99 heavy (non-hydrogen) atoms. The summed E-state index contributed by atoms with van der Waals surface area (Å²) in [4.78, 5) is 130. The van der Waals surface area contributed by atoms with Crippen LogP contribution in [0.4, 0.5) is 10.6 Å². The molecular weight excluding hydrogens is 1410 g/mol. The van der Waals surface area contributed by atoms with Crippen molar-refractivity contribution < 1.29 is 120 Å². The number of H-pyrrole nitrogens is 1. The minimum absolute atomic E-state index is 0. The van der Waals surface area contributed by atoms with E-state index in [1.807, 2.05) is 0 Å². The Kier molecular flexibility index (Phi) is 33.7. The zero-order valence-corrected chi connectivity index (χ0v) is 57.5. The van der Waals surface area contributed by atoms with E-state index in [4.69, 9.17) is 64.2 Å². The minimum Gasteiger partial charge on any atom is -0.668 e. The molecule has 2 fully saturated rings. The molecular formula is C56H81FeN18O21S3+2. The number of nitrogens with one attached hydrogen (secondary N) is 6. The van der Waals surface area contributed by atoms with E-state index in [0.717, 1.165) is 24.7 Å². The first-order valence-corrected chi connectivity index (χ1v) is 33.9. The van der Waals surface area contributed by atoms with E-state index in [-0.39, 0.29) is 63.8 Å². The second-order valence-corrected chi connectivity index (χ2v) is 26.8. The summed E-state index contributed by atoms with van der Waals surface area (Å²) >= 11 is 2.52. The number of nitrogen functional groups attached to an aromatic ring is 1. The molecule has 4 aromatic heterocycles. The Morgan fingerprint density at radius 2 is 1.53 bits per heavy atom. The number of aromatic amines is 1. The third-order valence-electron chi connectivity index (χ3n) is 15.1. The predicted molar refractivity (Wildman–Crippen MR) is 344 cm³/mol. The van der Waals surface area contributed by atoms with Gasteiger partial charge >= 0.3 is 23.2 Å². The molecule has 545 valence electrons. The number of hydrogen-bond donors (Lipinski definition) is 17. The summed E-state index contributed by atoms with van der Waals surface area (Å²) in [6, 6.07) is -8.42. The van der Waals surface area contributed by atoms with Crippen LogP contribution in [0.5, 0.6) is 0 Å². The molecule has 0 aliphatic carbocycles. The molecule has 4 aromatic rings. The number of amides is 8. The van der Waals surface area contributed by atoms with Crippen molar-refractivity contribution in [3.05, 3.63) is 79.7 Å². The first-order valence-electron chi connectivity index (χ1n) is 29.9. The molecule has 0 bridgehead atoms. The molecule has 0 saturated carbocycles. The average Bonchev–Trinajstić information content (AvgIpc) is 1.36. The molecule has 19 atom stereocenters. The number of nitrogens with zero attached hydrogens (tertiary/aromatic N) is 8. The summed E-state index contributed by atoms with van der Waals surface area (Å²) < 4.78 is 28.1. The van der Waals surface area contributed by atoms with Crippen LogP contribution in [0, 0.1) is 24.7 Å². The maximum absolute atomic E-state index is 15.0. The minimum atomic E-state index is -2.29. The monoisotopic (exact) mass is 1490 g/mol. The quantitative estimate of drug-likeness (QED) is 0.00888. The zero-order valence-electron chi connectivity index (χ0n) is 54.0. The molecule has 6 rings (SSSR count). The van der Waals surface area contributed by atoms with E-state index in [1.54, 1.807) is 10.8 Å². The fourth-order valence-corrected chi connectivity index (χ4v) is 12.0. The number of imidazole rings is 1. The van der Waals surface area contributed by atoms with Crippen LogP contribution < -0.4 is 44.2 Å². The summed E-state index contributed by atoms with van der Waals surface area (Å²) in [5.41, 5.74) is 29.7. The Labute approximate surface area is 587 Å². The molecule has 2 aliphatic rings. The number of thiazole rings is 2. The maximum atomic E-state index is 15.0. The van der Waals surface area contributed by atoms with Gasteiger partial charge in [-0.05, 0) is 37.7 Å². The number of ether oxygens (including phenoxy) is 5. The first kappa shape index (κ1) is 84.1. The van der Waals surface area contributed by atoms with Gasteiger partial charge in [0.15, 0.2) is 24.6 Å². The molecule has 43 heteroatoms. The van der Waals surface area contributed by atoms with Gasteiger partial charge in [0.25, 0.3) is 5.91 Å². The number of aliphatic hydroxyl groups is 8. The Morgan fingerprint density at radius 3 is 2.13 bits per heavy atom. The normalized spacial score (nSPS) is 23.3. The van der Waals surface area contributed by atoms with Gasteiger partial charge in [-0.15, -0.1) is 22.7 Å². The van der Waals surface area contributed by atoms with Crippen molar-refractivity contribution >= 4 is 86.8 Å². The van der Waals surface area contributed by atoms with Gasteiger partial charge in [-0.25, -0.2) is 29.7 Å². The standard InChI is InChI=1S/C55H82N17O21S3.CN.Fe/c1-20-33(69-46(72-44(20)58)25(12-31(57)76)64-13-24(56)45(59)82)50(86)71-35(41(26-14-61-19-65-26)91-53-39(80)38(79)42(30(16-74)90-53)92-54-40(81)43(93-55(60)88)37(78)29(15-73)89-54)51(87)66-22(3)36(77)21(2)47(83)70-34(23(4)75)49(85)63-10-8-32-67-28(18-94-32)52-68-27(17-95-52)48(84)62-9-7-11-96(5)6;1-2;/h14,17-19,21-25,29-30,34-43,53-54,56,73-75,77-81H,7-13,15-16H2,1-6H3,(H14,57,58,59,60,61,62,63,65,66,69,70,71,72,76,82,83,84,85,86,87,88);;/q2*-1;+5/p-1. The van der Waals surface area contributed by atoms with Crippen molar-refractivity contribution in [2.24, 2.45) is 23.1 Å². The second-order valence-electron chi connectivity index (χ2n) is 22.6. The van der Waals surface area contributed by atoms with Gasteiger partial charge in [0, 0.05) is 54.9 Å². The molecule has 6 heterocycles. The Balaban J connectivity index is 0.00000687. The van der Waals surface area contributed by atoms with Crippen LogP contribution in [0.15, 0.2) is 23.3 Å². The number of anilines is 1. The fraction of sp³-hybridized carbons (Fsp3) is 0.607. The fourth-order valence-electron chi connectivity index (χ4n) is 9.66. The van der Waals surface area contributed by atoms with Crippen LogP contribution >= 0.6 is 22.7 Å². The van der Waals surface area contributed by atoms with E-state index in [2.05, 4.69) is 74.3 Å². The van der Waals surface area contributed by atoms with Crippen molar-refractivity contribution in [3.8, 4) is 10.7 Å². The summed E-state index contributed by atoms with van der Waals surface area (Å²) in [6.07, 6.45) is -19.8. The van der Waals surface area contributed by atoms with Gasteiger partial charge in [-0.3, -0.25) is 28.8 Å². The van der Waals surface area contributed by atoms with Gasteiger partial charge in [0.2, 0.25) is 23.6 Å². The van der Waals surface area contributed by atoms with Crippen LogP contribution in [-0.2, 0) is 82.0 Å². The Hall–Kier alpha value is -7.29. The number of primary amides is 3. The molecule has 0 aromatic carbocycles. The SMILES string of the molecule is Cc1c(N)nc(C(CC(N)=O)[N-]CC([NH-])C(N)=O)nc1C(=O)[N-]C(C(=O)NC(C)C(O)C(C)C(=O)NC(C(=O)NCCc1nc(-c2nc(C(=O)NCCC[S+](C)C)cs2)cs1)C(C)O)C(OC1OC(CO)C(OC2OC(CO)C(O)C(OC(N)=O)C2O)C(O)C1O)c1c[nH]cn1.[C-]#N.[Fe+5]. The number of carbonyl (C=O) groups is 8. The van der Waals surface area contributed by atoms with Gasteiger partial charge < -0.3 is 147 Å². The van der Waals surface area contributed by atoms with E-state index in [9.17, 15) is 74.4 Å². The third-order valence-corrected chi connectivity index (χ3v) is 17.9.